The fourth-order valence-electron chi connectivity index (χ4n) is 3.89. The molecule has 1 aromatic carbocycles. The van der Waals surface area contributed by atoms with Crippen LogP contribution < -0.4 is 10.1 Å². The van der Waals surface area contributed by atoms with Gasteiger partial charge in [-0.2, -0.15) is 0 Å². The minimum absolute atomic E-state index is 0. The normalized spacial score (nSPS) is 17.0. The number of ketones is 1. The average Bonchev–Trinajstić information content (AvgIpc) is 2.80. The molecular weight excluding hydrogens is 469 g/mol. The minimum Gasteiger partial charge on any atom is -0.482 e. The van der Waals surface area contributed by atoms with Crippen molar-refractivity contribution >= 4 is 42.5 Å². The number of carbonyl (C=O) groups excluding carboxylic acids is 3. The Bertz CT molecular complexity index is 757. The predicted molar refractivity (Wildman–Crippen MR) is 131 cm³/mol. The predicted octanol–water partition coefficient (Wildman–Crippen LogP) is 2.33. The van der Waals surface area contributed by atoms with Crippen molar-refractivity contribution in [3.8, 4) is 5.75 Å². The van der Waals surface area contributed by atoms with Crippen LogP contribution in [0.15, 0.2) is 24.3 Å². The maximum Gasteiger partial charge on any atom is 0.344 e. The number of hydrogen-bond donors (Lipinski definition) is 1. The van der Waals surface area contributed by atoms with Crippen LogP contribution in [0, 0.1) is 0 Å². The first-order valence-corrected chi connectivity index (χ1v) is 11.2. The van der Waals surface area contributed by atoms with Crippen molar-refractivity contribution in [3.05, 3.63) is 29.8 Å². The quantitative estimate of drug-likeness (QED) is 0.297. The molecule has 10 heteroatoms. The Morgan fingerprint density at radius 2 is 1.79 bits per heavy atom. The third-order valence-corrected chi connectivity index (χ3v) is 5.80. The topological polar surface area (TPSA) is 88.2 Å². The molecule has 0 spiro atoms. The summed E-state index contributed by atoms with van der Waals surface area (Å²) in [6.07, 6.45) is 3.93. The number of nitrogens with zero attached hydrogens (tertiary/aromatic N) is 2. The fraction of sp³-hybridized carbons (Fsp3) is 0.609. The zero-order valence-electron chi connectivity index (χ0n) is 19.1. The van der Waals surface area contributed by atoms with E-state index in [-0.39, 0.29) is 49.7 Å². The van der Waals surface area contributed by atoms with E-state index in [4.69, 9.17) is 9.47 Å². The summed E-state index contributed by atoms with van der Waals surface area (Å²) < 4.78 is 10.5. The number of esters is 1. The number of carbonyl (C=O) groups is 3. The van der Waals surface area contributed by atoms with Crippen molar-refractivity contribution in [2.45, 2.75) is 38.6 Å². The summed E-state index contributed by atoms with van der Waals surface area (Å²) in [4.78, 5) is 40.7. The minimum atomic E-state index is -0.407. The number of unbranched alkanes of at least 4 members (excludes halogenated alkanes) is 1. The number of benzene rings is 1. The summed E-state index contributed by atoms with van der Waals surface area (Å²) in [6.45, 7) is 6.12. The molecule has 1 aromatic rings. The first kappa shape index (κ1) is 29.2. The van der Waals surface area contributed by atoms with Gasteiger partial charge < -0.3 is 19.7 Å². The van der Waals surface area contributed by atoms with E-state index in [1.807, 2.05) is 6.92 Å². The molecule has 1 amide bonds. The summed E-state index contributed by atoms with van der Waals surface area (Å²) in [5, 5.41) is 3.35. The number of piperidine rings is 1. The van der Waals surface area contributed by atoms with E-state index in [1.165, 1.54) is 0 Å². The Balaban J connectivity index is 0.00000272. The Hall–Kier alpha value is -1.87. The van der Waals surface area contributed by atoms with E-state index in [9.17, 15) is 14.4 Å². The zero-order valence-corrected chi connectivity index (χ0v) is 20.8. The van der Waals surface area contributed by atoms with Gasteiger partial charge in [-0.05, 0) is 56.6 Å². The molecule has 2 aliphatic heterocycles. The van der Waals surface area contributed by atoms with Gasteiger partial charge in [-0.3, -0.25) is 14.5 Å². The highest BCUT2D eigenvalue weighted by atomic mass is 35.5. The number of piperazine rings is 1. The van der Waals surface area contributed by atoms with Crippen LogP contribution in [0.2, 0.25) is 0 Å². The second kappa shape index (κ2) is 15.1. The second-order valence-corrected chi connectivity index (χ2v) is 8.08. The van der Waals surface area contributed by atoms with E-state index in [0.29, 0.717) is 37.1 Å². The number of rotatable bonds is 10. The summed E-state index contributed by atoms with van der Waals surface area (Å²) in [5.74, 6) is 0.000245. The third-order valence-electron chi connectivity index (χ3n) is 5.80. The Labute approximate surface area is 208 Å². The van der Waals surface area contributed by atoms with Gasteiger partial charge in [-0.15, -0.1) is 24.8 Å². The van der Waals surface area contributed by atoms with Crippen LogP contribution >= 0.6 is 24.8 Å². The van der Waals surface area contributed by atoms with Crippen LogP contribution in [0.5, 0.6) is 5.75 Å². The lowest BCUT2D eigenvalue weighted by Crippen LogP contribution is -2.56. The number of halogens is 2. The van der Waals surface area contributed by atoms with Gasteiger partial charge in [0.25, 0.3) is 0 Å². The van der Waals surface area contributed by atoms with Gasteiger partial charge in [0.1, 0.15) is 5.75 Å². The average molecular weight is 504 g/mol. The second-order valence-electron chi connectivity index (χ2n) is 8.08. The molecule has 33 heavy (non-hydrogen) atoms. The summed E-state index contributed by atoms with van der Waals surface area (Å²) in [6, 6.07) is 7.10. The van der Waals surface area contributed by atoms with E-state index in [1.54, 1.807) is 29.2 Å². The van der Waals surface area contributed by atoms with Gasteiger partial charge in [0.05, 0.1) is 19.7 Å². The van der Waals surface area contributed by atoms with E-state index < -0.39 is 5.97 Å². The van der Waals surface area contributed by atoms with Gasteiger partial charge in [-0.25, -0.2) is 4.79 Å². The van der Waals surface area contributed by atoms with E-state index >= 15 is 0 Å². The smallest absolute Gasteiger partial charge is 0.344 e. The largest absolute Gasteiger partial charge is 0.482 e. The first-order valence-electron chi connectivity index (χ1n) is 11.2. The molecule has 0 radical (unpaired) electrons. The molecule has 0 unspecified atom stereocenters. The Kier molecular flexibility index (Phi) is 13.4. The van der Waals surface area contributed by atoms with Crippen molar-refractivity contribution in [2.75, 3.05) is 52.5 Å². The van der Waals surface area contributed by atoms with E-state index in [0.717, 1.165) is 45.3 Å². The highest BCUT2D eigenvalue weighted by Crippen LogP contribution is 2.17. The molecule has 186 valence electrons. The number of Topliss-reactive ketones (excluding diaryl/α,β-unsaturated/α-hetero) is 1. The highest BCUT2D eigenvalue weighted by molar-refractivity contribution is 5.99. The number of hydrogen-bond acceptors (Lipinski definition) is 7. The van der Waals surface area contributed by atoms with Crippen molar-refractivity contribution in [2.24, 2.45) is 0 Å². The number of amides is 1. The summed E-state index contributed by atoms with van der Waals surface area (Å²) in [7, 11) is 0. The fourth-order valence-corrected chi connectivity index (χ4v) is 3.89. The van der Waals surface area contributed by atoms with Crippen LogP contribution in [-0.4, -0.2) is 86.0 Å². The van der Waals surface area contributed by atoms with Crippen LogP contribution in [0.25, 0.3) is 0 Å². The van der Waals surface area contributed by atoms with Crippen molar-refractivity contribution < 1.29 is 23.9 Å². The van der Waals surface area contributed by atoms with Crippen molar-refractivity contribution in [1.29, 1.82) is 0 Å². The molecule has 2 aliphatic rings. The molecule has 8 nitrogen and oxygen atoms in total. The summed E-state index contributed by atoms with van der Waals surface area (Å²) in [5.41, 5.74) is 0.520. The van der Waals surface area contributed by atoms with Gasteiger partial charge in [-0.1, -0.05) is 13.3 Å². The monoisotopic (exact) mass is 503 g/mol. The van der Waals surface area contributed by atoms with Crippen LogP contribution in [0.4, 0.5) is 0 Å². The van der Waals surface area contributed by atoms with Crippen LogP contribution in [0.3, 0.4) is 0 Å². The van der Waals surface area contributed by atoms with Crippen LogP contribution in [0.1, 0.15) is 43.0 Å². The molecule has 1 N–H and O–H groups in total. The zero-order chi connectivity index (χ0) is 22.1. The number of ether oxygens (including phenoxy) is 2. The van der Waals surface area contributed by atoms with Gasteiger partial charge in [0, 0.05) is 24.7 Å². The molecule has 0 aromatic heterocycles. The molecular formula is C23H35Cl2N3O5. The SMILES string of the molecule is CCCCOC(=O)COc1ccc(C(=O)CN2CCN(C3CCNCC3)CC2=O)cc1.Cl.Cl. The molecule has 0 bridgehead atoms. The van der Waals surface area contributed by atoms with Gasteiger partial charge in [0.2, 0.25) is 5.91 Å². The molecule has 2 saturated heterocycles. The van der Waals surface area contributed by atoms with Crippen molar-refractivity contribution in [3.63, 3.8) is 0 Å². The molecule has 3 rings (SSSR count). The van der Waals surface area contributed by atoms with Crippen molar-refractivity contribution in [1.82, 2.24) is 15.1 Å². The molecule has 2 fully saturated rings. The maximum absolute atomic E-state index is 12.6. The summed E-state index contributed by atoms with van der Waals surface area (Å²) >= 11 is 0. The first-order chi connectivity index (χ1) is 15.1. The lowest BCUT2D eigenvalue weighted by atomic mass is 10.0. The van der Waals surface area contributed by atoms with E-state index in [2.05, 4.69) is 10.2 Å². The molecule has 2 heterocycles. The molecule has 0 atom stereocenters. The maximum atomic E-state index is 12.6. The standard InChI is InChI=1S/C23H33N3O5.2ClH/c1-2-3-14-30-23(29)17-31-20-6-4-18(5-7-20)21(27)15-26-13-12-25(16-22(26)28)19-8-10-24-11-9-19;;/h4-7,19,24H,2-3,8-17H2,1H3;2*1H. The lowest BCUT2D eigenvalue weighted by molar-refractivity contribution is -0.146. The molecule has 0 aliphatic carbocycles. The highest BCUT2D eigenvalue weighted by Gasteiger charge is 2.30. The van der Waals surface area contributed by atoms with Gasteiger partial charge >= 0.3 is 5.97 Å². The molecule has 0 saturated carbocycles. The van der Waals surface area contributed by atoms with Gasteiger partial charge in [0.15, 0.2) is 12.4 Å². The third kappa shape index (κ3) is 9.12. The Morgan fingerprint density at radius 1 is 1.09 bits per heavy atom. The lowest BCUT2D eigenvalue weighted by Gasteiger charge is -2.40. The van der Waals surface area contributed by atoms with Crippen LogP contribution in [-0.2, 0) is 14.3 Å². The number of nitrogens with one attached hydrogen (secondary N) is 1. The Morgan fingerprint density at radius 3 is 2.42 bits per heavy atom.